The highest BCUT2D eigenvalue weighted by atomic mass is 35.5. The topological polar surface area (TPSA) is 29.3 Å². The number of rotatable bonds is 1. The molecular weight excluding hydrogens is 231 g/mol. The quantitative estimate of drug-likeness (QED) is 0.822. The summed E-state index contributed by atoms with van der Waals surface area (Å²) in [4.78, 5) is 2.23. The number of nitrogens with two attached hydrogens (primary N) is 1. The summed E-state index contributed by atoms with van der Waals surface area (Å²) in [6.07, 6.45) is 0. The van der Waals surface area contributed by atoms with Crippen LogP contribution in [0.25, 0.3) is 0 Å². The maximum absolute atomic E-state index is 6.07. The highest BCUT2D eigenvalue weighted by Gasteiger charge is 2.29. The number of hydrogen-bond donors (Lipinski definition) is 1. The highest BCUT2D eigenvalue weighted by Crippen LogP contribution is 2.30. The maximum atomic E-state index is 6.07. The van der Waals surface area contributed by atoms with Crippen molar-refractivity contribution < 1.29 is 0 Å². The van der Waals surface area contributed by atoms with Gasteiger partial charge in [0.15, 0.2) is 0 Å². The number of hydrogen-bond acceptors (Lipinski definition) is 2. The molecular formula is C11H14Cl2N2. The molecule has 2 rings (SSSR count). The lowest BCUT2D eigenvalue weighted by Crippen LogP contribution is -2.27. The minimum Gasteiger partial charge on any atom is -0.326 e. The molecule has 0 saturated carbocycles. The van der Waals surface area contributed by atoms with Gasteiger partial charge in [-0.1, -0.05) is 29.3 Å². The fourth-order valence-electron chi connectivity index (χ4n) is 2.13. The second-order valence-electron chi connectivity index (χ2n) is 4.17. The van der Waals surface area contributed by atoms with Crippen molar-refractivity contribution >= 4 is 23.2 Å². The van der Waals surface area contributed by atoms with Gasteiger partial charge in [-0.3, -0.25) is 0 Å². The zero-order valence-electron chi connectivity index (χ0n) is 8.58. The lowest BCUT2D eigenvalue weighted by Gasteiger charge is -2.15. The molecule has 2 unspecified atom stereocenters. The molecule has 15 heavy (non-hydrogen) atoms. The Morgan fingerprint density at radius 1 is 1.27 bits per heavy atom. The summed E-state index contributed by atoms with van der Waals surface area (Å²) in [6.45, 7) is 1.92. The van der Waals surface area contributed by atoms with Crippen molar-refractivity contribution in [1.82, 2.24) is 4.90 Å². The molecule has 82 valence electrons. The van der Waals surface area contributed by atoms with Crippen molar-refractivity contribution in [3.05, 3.63) is 33.8 Å². The summed E-state index contributed by atoms with van der Waals surface area (Å²) in [7, 11) is 2.08. The van der Waals surface area contributed by atoms with Crippen LogP contribution in [0.3, 0.4) is 0 Å². The van der Waals surface area contributed by atoms with Crippen LogP contribution in [0.5, 0.6) is 0 Å². The third kappa shape index (κ3) is 2.28. The normalized spacial score (nSPS) is 27.2. The predicted molar refractivity (Wildman–Crippen MR) is 64.7 cm³/mol. The summed E-state index contributed by atoms with van der Waals surface area (Å²) >= 11 is 11.9. The molecule has 0 aromatic heterocycles. The molecule has 1 aromatic rings. The van der Waals surface area contributed by atoms with Gasteiger partial charge in [0, 0.05) is 25.0 Å². The van der Waals surface area contributed by atoms with E-state index in [9.17, 15) is 0 Å². The Bertz CT molecular complexity index is 368. The summed E-state index contributed by atoms with van der Waals surface area (Å²) < 4.78 is 0. The van der Waals surface area contributed by atoms with E-state index < -0.39 is 0 Å². The van der Waals surface area contributed by atoms with E-state index in [1.165, 1.54) is 5.56 Å². The second-order valence-corrected chi connectivity index (χ2v) is 4.98. The first-order valence-corrected chi connectivity index (χ1v) is 5.72. The minimum absolute atomic E-state index is 0.187. The molecule has 1 fully saturated rings. The van der Waals surface area contributed by atoms with Crippen LogP contribution in [0.1, 0.15) is 11.5 Å². The Kier molecular flexibility index (Phi) is 3.21. The van der Waals surface area contributed by atoms with Crippen LogP contribution >= 0.6 is 23.2 Å². The lowest BCUT2D eigenvalue weighted by atomic mass is 9.95. The van der Waals surface area contributed by atoms with E-state index in [1.54, 1.807) is 0 Å². The first-order chi connectivity index (χ1) is 7.08. The van der Waals surface area contributed by atoms with Crippen LogP contribution in [0.2, 0.25) is 10.0 Å². The number of benzene rings is 1. The van der Waals surface area contributed by atoms with Crippen molar-refractivity contribution in [2.45, 2.75) is 12.0 Å². The fourth-order valence-corrected chi connectivity index (χ4v) is 2.43. The van der Waals surface area contributed by atoms with Gasteiger partial charge in [0.1, 0.15) is 0 Å². The van der Waals surface area contributed by atoms with Crippen LogP contribution in [0.4, 0.5) is 0 Å². The first-order valence-electron chi connectivity index (χ1n) is 4.97. The van der Waals surface area contributed by atoms with Gasteiger partial charge in [-0.25, -0.2) is 0 Å². The van der Waals surface area contributed by atoms with Crippen LogP contribution in [-0.4, -0.2) is 31.1 Å². The van der Waals surface area contributed by atoms with E-state index in [1.807, 2.05) is 18.2 Å². The molecule has 1 aliphatic heterocycles. The SMILES string of the molecule is CN1CC(N)C(c2ccc(Cl)c(Cl)c2)C1. The summed E-state index contributed by atoms with van der Waals surface area (Å²) in [6, 6.07) is 5.96. The molecule has 1 aliphatic rings. The third-order valence-corrected chi connectivity index (χ3v) is 3.66. The molecule has 1 aromatic carbocycles. The molecule has 2 atom stereocenters. The molecule has 2 N–H and O–H groups in total. The molecule has 4 heteroatoms. The van der Waals surface area contributed by atoms with Gasteiger partial charge in [0.25, 0.3) is 0 Å². The Hall–Kier alpha value is -0.280. The van der Waals surface area contributed by atoms with Gasteiger partial charge in [0.2, 0.25) is 0 Å². The zero-order chi connectivity index (χ0) is 11.0. The average Bonchev–Trinajstić information content (AvgIpc) is 2.50. The van der Waals surface area contributed by atoms with Crippen LogP contribution < -0.4 is 5.73 Å². The van der Waals surface area contributed by atoms with Crippen LogP contribution in [0.15, 0.2) is 18.2 Å². The molecule has 0 amide bonds. The Labute approximate surface area is 100.0 Å². The van der Waals surface area contributed by atoms with Crippen molar-refractivity contribution in [2.75, 3.05) is 20.1 Å². The monoisotopic (exact) mass is 244 g/mol. The smallest absolute Gasteiger partial charge is 0.0595 e. The van der Waals surface area contributed by atoms with Gasteiger partial charge >= 0.3 is 0 Å². The minimum atomic E-state index is 0.187. The Morgan fingerprint density at radius 3 is 2.53 bits per heavy atom. The highest BCUT2D eigenvalue weighted by molar-refractivity contribution is 6.42. The summed E-state index contributed by atoms with van der Waals surface area (Å²) in [5, 5.41) is 1.20. The van der Waals surface area contributed by atoms with Crippen molar-refractivity contribution in [1.29, 1.82) is 0 Å². The average molecular weight is 245 g/mol. The van der Waals surface area contributed by atoms with E-state index in [4.69, 9.17) is 28.9 Å². The molecule has 0 radical (unpaired) electrons. The molecule has 1 saturated heterocycles. The van der Waals surface area contributed by atoms with Gasteiger partial charge in [-0.05, 0) is 24.7 Å². The molecule has 1 heterocycles. The predicted octanol–water partition coefficient (Wildman–Crippen LogP) is 2.35. The molecule has 0 spiro atoms. The number of halogens is 2. The van der Waals surface area contributed by atoms with Crippen molar-refractivity contribution in [3.63, 3.8) is 0 Å². The second kappa shape index (κ2) is 4.30. The summed E-state index contributed by atoms with van der Waals surface area (Å²) in [5.41, 5.74) is 7.25. The van der Waals surface area contributed by atoms with Gasteiger partial charge in [-0.2, -0.15) is 0 Å². The fraction of sp³-hybridized carbons (Fsp3) is 0.455. The number of likely N-dealkylation sites (N-methyl/N-ethyl adjacent to an activating group) is 1. The molecule has 2 nitrogen and oxygen atoms in total. The van der Waals surface area contributed by atoms with Crippen molar-refractivity contribution in [3.8, 4) is 0 Å². The lowest BCUT2D eigenvalue weighted by molar-refractivity contribution is 0.407. The largest absolute Gasteiger partial charge is 0.326 e. The number of likely N-dealkylation sites (tertiary alicyclic amines) is 1. The maximum Gasteiger partial charge on any atom is 0.0595 e. The van der Waals surface area contributed by atoms with E-state index >= 15 is 0 Å². The molecule has 0 bridgehead atoms. The van der Waals surface area contributed by atoms with E-state index in [-0.39, 0.29) is 6.04 Å². The molecule has 0 aliphatic carbocycles. The standard InChI is InChI=1S/C11H14Cl2N2/c1-15-5-8(11(14)6-15)7-2-3-9(12)10(13)4-7/h2-4,8,11H,5-6,14H2,1H3. The van der Waals surface area contributed by atoms with Gasteiger partial charge < -0.3 is 10.6 Å². The van der Waals surface area contributed by atoms with E-state index in [2.05, 4.69) is 11.9 Å². The van der Waals surface area contributed by atoms with Gasteiger partial charge in [0.05, 0.1) is 10.0 Å². The third-order valence-electron chi connectivity index (χ3n) is 2.92. The van der Waals surface area contributed by atoms with Crippen molar-refractivity contribution in [2.24, 2.45) is 5.73 Å². The zero-order valence-corrected chi connectivity index (χ0v) is 10.1. The van der Waals surface area contributed by atoms with E-state index in [0.29, 0.717) is 16.0 Å². The van der Waals surface area contributed by atoms with Crippen LogP contribution in [-0.2, 0) is 0 Å². The first kappa shape index (κ1) is 11.2. The van der Waals surface area contributed by atoms with Crippen LogP contribution in [0, 0.1) is 0 Å². The Balaban J connectivity index is 2.26. The Morgan fingerprint density at radius 2 is 2.00 bits per heavy atom. The number of nitrogens with zero attached hydrogens (tertiary/aromatic N) is 1. The summed E-state index contributed by atoms with van der Waals surface area (Å²) in [5.74, 6) is 0.366. The van der Waals surface area contributed by atoms with Gasteiger partial charge in [-0.15, -0.1) is 0 Å². The van der Waals surface area contributed by atoms with E-state index in [0.717, 1.165) is 13.1 Å².